The fourth-order valence-corrected chi connectivity index (χ4v) is 1.98. The highest BCUT2D eigenvalue weighted by Crippen LogP contribution is 2.19. The molecule has 0 atom stereocenters. The summed E-state index contributed by atoms with van der Waals surface area (Å²) >= 11 is 0. The summed E-state index contributed by atoms with van der Waals surface area (Å²) in [6.45, 7) is 2.83. The Morgan fingerprint density at radius 1 is 1.26 bits per heavy atom. The van der Waals surface area contributed by atoms with E-state index in [0.717, 1.165) is 49.9 Å². The van der Waals surface area contributed by atoms with E-state index in [4.69, 9.17) is 10.3 Å². The number of hydrogen-bond acceptors (Lipinski definition) is 5. The Bertz CT molecular complexity index is 510. The molecule has 0 aliphatic heterocycles. The molecule has 2 rings (SSSR count). The Morgan fingerprint density at radius 2 is 2.16 bits per heavy atom. The molecule has 0 radical (unpaired) electrons. The van der Waals surface area contributed by atoms with Gasteiger partial charge in [-0.05, 0) is 37.4 Å². The zero-order valence-corrected chi connectivity index (χ0v) is 11.3. The van der Waals surface area contributed by atoms with Gasteiger partial charge in [-0.2, -0.15) is 4.98 Å². The minimum absolute atomic E-state index is 0.589. The molecule has 5 heteroatoms. The van der Waals surface area contributed by atoms with Crippen LogP contribution < -0.4 is 5.73 Å². The van der Waals surface area contributed by atoms with Crippen LogP contribution in [0, 0.1) is 0 Å². The Hall–Kier alpha value is -1.75. The van der Waals surface area contributed by atoms with E-state index in [1.807, 2.05) is 12.1 Å². The predicted molar refractivity (Wildman–Crippen MR) is 73.5 cm³/mol. The van der Waals surface area contributed by atoms with Crippen molar-refractivity contribution >= 4 is 0 Å². The molecule has 102 valence electrons. The lowest BCUT2D eigenvalue weighted by molar-refractivity contribution is 0.374. The van der Waals surface area contributed by atoms with Crippen LogP contribution in [0.5, 0.6) is 0 Å². The molecule has 2 aromatic rings. The van der Waals surface area contributed by atoms with E-state index in [1.165, 1.54) is 0 Å². The summed E-state index contributed by atoms with van der Waals surface area (Å²) in [5, 5.41) is 4.02. The molecular weight excluding hydrogens is 240 g/mol. The molecule has 0 aromatic carbocycles. The van der Waals surface area contributed by atoms with Gasteiger partial charge in [0.25, 0.3) is 0 Å². The second kappa shape index (κ2) is 6.99. The lowest BCUT2D eigenvalue weighted by Gasteiger charge is -2.00. The highest BCUT2D eigenvalue weighted by molar-refractivity contribution is 5.53. The second-order valence-corrected chi connectivity index (χ2v) is 4.48. The molecule has 0 saturated carbocycles. The van der Waals surface area contributed by atoms with Crippen molar-refractivity contribution in [3.05, 3.63) is 29.8 Å². The molecule has 0 bridgehead atoms. The van der Waals surface area contributed by atoms with E-state index >= 15 is 0 Å². The van der Waals surface area contributed by atoms with E-state index in [0.29, 0.717) is 11.7 Å². The van der Waals surface area contributed by atoms with Crippen molar-refractivity contribution in [2.24, 2.45) is 5.73 Å². The molecule has 5 nitrogen and oxygen atoms in total. The fourth-order valence-electron chi connectivity index (χ4n) is 1.98. The smallest absolute Gasteiger partial charge is 0.227 e. The van der Waals surface area contributed by atoms with Gasteiger partial charge in [0.05, 0.1) is 0 Å². The Morgan fingerprint density at radius 3 is 2.95 bits per heavy atom. The van der Waals surface area contributed by atoms with Crippen LogP contribution in [-0.2, 0) is 12.8 Å². The van der Waals surface area contributed by atoms with E-state index in [1.54, 1.807) is 6.20 Å². The summed E-state index contributed by atoms with van der Waals surface area (Å²) < 4.78 is 5.27. The van der Waals surface area contributed by atoms with Gasteiger partial charge >= 0.3 is 0 Å². The molecule has 0 spiro atoms. The lowest BCUT2D eigenvalue weighted by Crippen LogP contribution is -1.98. The summed E-state index contributed by atoms with van der Waals surface area (Å²) in [7, 11) is 0. The zero-order chi connectivity index (χ0) is 13.5. The van der Waals surface area contributed by atoms with Gasteiger partial charge in [0.2, 0.25) is 11.7 Å². The van der Waals surface area contributed by atoms with Crippen molar-refractivity contribution in [3.8, 4) is 11.5 Å². The molecule has 0 amide bonds. The monoisotopic (exact) mass is 260 g/mol. The van der Waals surface area contributed by atoms with Crippen molar-refractivity contribution in [2.75, 3.05) is 6.54 Å². The summed E-state index contributed by atoms with van der Waals surface area (Å²) in [6, 6.07) is 3.97. The van der Waals surface area contributed by atoms with E-state index in [-0.39, 0.29) is 0 Å². The van der Waals surface area contributed by atoms with Crippen molar-refractivity contribution in [1.82, 2.24) is 15.1 Å². The Balaban J connectivity index is 2.04. The number of aryl methyl sites for hydroxylation is 2. The normalized spacial score (nSPS) is 10.8. The van der Waals surface area contributed by atoms with Crippen LogP contribution in [0.15, 0.2) is 22.9 Å². The number of nitrogens with zero attached hydrogens (tertiary/aromatic N) is 3. The second-order valence-electron chi connectivity index (χ2n) is 4.48. The molecule has 2 aromatic heterocycles. The largest absolute Gasteiger partial charge is 0.339 e. The van der Waals surface area contributed by atoms with Gasteiger partial charge in [0.1, 0.15) is 5.69 Å². The van der Waals surface area contributed by atoms with Gasteiger partial charge in [-0.1, -0.05) is 24.6 Å². The van der Waals surface area contributed by atoms with Crippen LogP contribution in [-0.4, -0.2) is 21.7 Å². The molecule has 0 fully saturated rings. The molecule has 0 saturated heterocycles. The van der Waals surface area contributed by atoms with Gasteiger partial charge in [-0.15, -0.1) is 0 Å². The number of nitrogens with two attached hydrogens (primary N) is 1. The summed E-state index contributed by atoms with van der Waals surface area (Å²) in [5.41, 5.74) is 7.42. The van der Waals surface area contributed by atoms with Crippen LogP contribution in [0.1, 0.15) is 37.6 Å². The van der Waals surface area contributed by atoms with Crippen molar-refractivity contribution in [1.29, 1.82) is 0 Å². The Kier molecular flexibility index (Phi) is 5.03. The standard InChI is InChI=1S/C14H20N4O/c1-2-11-7-6-10-16-13(11)14-17-12(19-18-14)8-4-3-5-9-15/h6-7,10H,2-5,8-9,15H2,1H3. The van der Waals surface area contributed by atoms with Gasteiger partial charge < -0.3 is 10.3 Å². The molecule has 19 heavy (non-hydrogen) atoms. The third-order valence-electron chi connectivity index (χ3n) is 3.05. The van der Waals surface area contributed by atoms with Crippen LogP contribution in [0.25, 0.3) is 11.5 Å². The number of unbranched alkanes of at least 4 members (excludes halogenated alkanes) is 2. The first-order valence-corrected chi connectivity index (χ1v) is 6.82. The maximum Gasteiger partial charge on any atom is 0.227 e. The van der Waals surface area contributed by atoms with E-state index < -0.39 is 0 Å². The van der Waals surface area contributed by atoms with Crippen molar-refractivity contribution in [2.45, 2.75) is 39.0 Å². The maximum absolute atomic E-state index is 5.46. The van der Waals surface area contributed by atoms with Crippen molar-refractivity contribution < 1.29 is 4.52 Å². The van der Waals surface area contributed by atoms with Gasteiger partial charge in [-0.3, -0.25) is 4.98 Å². The molecule has 0 unspecified atom stereocenters. The third-order valence-corrected chi connectivity index (χ3v) is 3.05. The number of aromatic nitrogens is 3. The van der Waals surface area contributed by atoms with Crippen LogP contribution in [0.4, 0.5) is 0 Å². The molecule has 0 aliphatic carbocycles. The zero-order valence-electron chi connectivity index (χ0n) is 11.3. The SMILES string of the molecule is CCc1cccnc1-c1noc(CCCCCN)n1. The topological polar surface area (TPSA) is 77.8 Å². The number of rotatable bonds is 7. The Labute approximate surface area is 113 Å². The first-order valence-electron chi connectivity index (χ1n) is 6.82. The van der Waals surface area contributed by atoms with E-state index in [9.17, 15) is 0 Å². The van der Waals surface area contributed by atoms with Crippen LogP contribution >= 0.6 is 0 Å². The fraction of sp³-hybridized carbons (Fsp3) is 0.500. The lowest BCUT2D eigenvalue weighted by atomic mass is 10.1. The van der Waals surface area contributed by atoms with Gasteiger partial charge in [-0.25, -0.2) is 0 Å². The predicted octanol–water partition coefficient (Wildman–Crippen LogP) is 2.37. The summed E-state index contributed by atoms with van der Waals surface area (Å²) in [5.74, 6) is 1.27. The molecule has 0 aliphatic rings. The summed E-state index contributed by atoms with van der Waals surface area (Å²) in [6.07, 6.45) is 6.64. The molecular formula is C14H20N4O. The van der Waals surface area contributed by atoms with Crippen LogP contribution in [0.2, 0.25) is 0 Å². The first-order chi connectivity index (χ1) is 9.35. The molecule has 2 heterocycles. The highest BCUT2D eigenvalue weighted by atomic mass is 16.5. The summed E-state index contributed by atoms with van der Waals surface area (Å²) in [4.78, 5) is 8.76. The van der Waals surface area contributed by atoms with Crippen molar-refractivity contribution in [3.63, 3.8) is 0 Å². The average molecular weight is 260 g/mol. The third kappa shape index (κ3) is 3.61. The minimum atomic E-state index is 0.589. The van der Waals surface area contributed by atoms with Gasteiger partial charge in [0.15, 0.2) is 0 Å². The number of hydrogen-bond donors (Lipinski definition) is 1. The molecule has 2 N–H and O–H groups in total. The first kappa shape index (κ1) is 13.7. The highest BCUT2D eigenvalue weighted by Gasteiger charge is 2.12. The average Bonchev–Trinajstić information content (AvgIpc) is 2.92. The van der Waals surface area contributed by atoms with Crippen LogP contribution in [0.3, 0.4) is 0 Å². The minimum Gasteiger partial charge on any atom is -0.339 e. The quantitative estimate of drug-likeness (QED) is 0.773. The maximum atomic E-state index is 5.46. The number of pyridine rings is 1. The van der Waals surface area contributed by atoms with E-state index in [2.05, 4.69) is 22.0 Å². The van der Waals surface area contributed by atoms with Gasteiger partial charge in [0, 0.05) is 12.6 Å².